The second kappa shape index (κ2) is 10.4. The van der Waals surface area contributed by atoms with E-state index >= 15 is 0 Å². The molecule has 0 amide bonds. The van der Waals surface area contributed by atoms with Crippen molar-refractivity contribution in [2.75, 3.05) is 0 Å². The summed E-state index contributed by atoms with van der Waals surface area (Å²) in [6, 6.07) is 7.68. The van der Waals surface area contributed by atoms with Crippen molar-refractivity contribution in [3.63, 3.8) is 0 Å². The van der Waals surface area contributed by atoms with E-state index in [-0.39, 0.29) is 0 Å². The topological polar surface area (TPSA) is 0 Å². The summed E-state index contributed by atoms with van der Waals surface area (Å²) >= 11 is 6.16. The molecule has 0 unspecified atom stereocenters. The third kappa shape index (κ3) is 4.80. The zero-order valence-electron chi connectivity index (χ0n) is 20.0. The SMILES string of the molecule is c1cc(C2CCCCC2)c(-c2sc(-c3cc(C4CCCCC4)cs3)cc2C2CCCCC2)s1. The van der Waals surface area contributed by atoms with Gasteiger partial charge in [-0.05, 0) is 102 Å². The van der Waals surface area contributed by atoms with Gasteiger partial charge < -0.3 is 0 Å². The van der Waals surface area contributed by atoms with E-state index in [1.807, 2.05) is 22.7 Å². The van der Waals surface area contributed by atoms with Crippen LogP contribution in [0.15, 0.2) is 29.0 Å². The monoisotopic (exact) mass is 494 g/mol. The van der Waals surface area contributed by atoms with E-state index in [1.165, 1.54) is 101 Å². The van der Waals surface area contributed by atoms with Crippen LogP contribution in [0, 0.1) is 0 Å². The first-order valence-corrected chi connectivity index (χ1v) is 16.2. The second-order valence-corrected chi connectivity index (χ2v) is 13.7. The van der Waals surface area contributed by atoms with Crippen molar-refractivity contribution < 1.29 is 0 Å². The molecule has 0 saturated heterocycles. The van der Waals surface area contributed by atoms with Crippen LogP contribution in [0.5, 0.6) is 0 Å². The molecule has 0 atom stereocenters. The van der Waals surface area contributed by atoms with Gasteiger partial charge in [-0.2, -0.15) is 0 Å². The molecule has 33 heavy (non-hydrogen) atoms. The lowest BCUT2D eigenvalue weighted by Crippen LogP contribution is -2.06. The summed E-state index contributed by atoms with van der Waals surface area (Å²) in [5, 5.41) is 4.87. The molecular weight excluding hydrogens is 457 g/mol. The summed E-state index contributed by atoms with van der Waals surface area (Å²) in [6.07, 6.45) is 21.2. The lowest BCUT2D eigenvalue weighted by Gasteiger charge is -2.24. The van der Waals surface area contributed by atoms with E-state index in [0.29, 0.717) is 0 Å². The van der Waals surface area contributed by atoms with Crippen molar-refractivity contribution in [2.45, 2.75) is 114 Å². The van der Waals surface area contributed by atoms with Crippen LogP contribution in [0.1, 0.15) is 131 Å². The minimum absolute atomic E-state index is 0.776. The highest BCUT2D eigenvalue weighted by molar-refractivity contribution is 7.26. The van der Waals surface area contributed by atoms with E-state index in [4.69, 9.17) is 0 Å². The highest BCUT2D eigenvalue weighted by Gasteiger charge is 2.27. The van der Waals surface area contributed by atoms with E-state index in [1.54, 1.807) is 31.3 Å². The van der Waals surface area contributed by atoms with Crippen LogP contribution >= 0.6 is 34.0 Å². The smallest absolute Gasteiger partial charge is 0.0487 e. The molecular formula is C30H38S3. The molecule has 6 rings (SSSR count). The van der Waals surface area contributed by atoms with Crippen LogP contribution in [-0.2, 0) is 0 Å². The molecule has 3 heteroatoms. The van der Waals surface area contributed by atoms with Crippen molar-refractivity contribution in [3.05, 3.63) is 45.6 Å². The Hall–Kier alpha value is -0.900. The number of thiophene rings is 3. The van der Waals surface area contributed by atoms with Gasteiger partial charge in [0.1, 0.15) is 0 Å². The summed E-state index contributed by atoms with van der Waals surface area (Å²) in [4.78, 5) is 6.34. The average molecular weight is 495 g/mol. The fraction of sp³-hybridized carbons (Fsp3) is 0.600. The van der Waals surface area contributed by atoms with Gasteiger partial charge in [0, 0.05) is 19.5 Å². The van der Waals surface area contributed by atoms with Gasteiger partial charge in [-0.25, -0.2) is 0 Å². The Morgan fingerprint density at radius 3 is 1.82 bits per heavy atom. The lowest BCUT2D eigenvalue weighted by atomic mass is 9.82. The Labute approximate surface area is 212 Å². The maximum atomic E-state index is 2.64. The van der Waals surface area contributed by atoms with Gasteiger partial charge in [0.2, 0.25) is 0 Å². The molecule has 3 saturated carbocycles. The van der Waals surface area contributed by atoms with Gasteiger partial charge in [0.25, 0.3) is 0 Å². The average Bonchev–Trinajstić information content (AvgIpc) is 3.65. The molecule has 3 fully saturated rings. The van der Waals surface area contributed by atoms with Gasteiger partial charge in [-0.1, -0.05) is 57.8 Å². The highest BCUT2D eigenvalue weighted by Crippen LogP contribution is 2.51. The summed E-state index contributed by atoms with van der Waals surface area (Å²) in [5.41, 5.74) is 5.00. The number of hydrogen-bond acceptors (Lipinski definition) is 3. The van der Waals surface area contributed by atoms with Crippen molar-refractivity contribution in [1.82, 2.24) is 0 Å². The standard InChI is InChI=1S/C30H38S3/c1-4-10-21(11-5-1)24-18-27(32-20-24)28-19-26(23-14-8-3-9-15-23)30(33-28)29-25(16-17-31-29)22-12-6-2-7-13-22/h16-23H,1-15H2. The maximum Gasteiger partial charge on any atom is 0.0487 e. The Bertz CT molecular complexity index is 1030. The summed E-state index contributed by atoms with van der Waals surface area (Å²) < 4.78 is 0. The fourth-order valence-electron chi connectivity index (χ4n) is 6.79. The van der Waals surface area contributed by atoms with Gasteiger partial charge in [0.15, 0.2) is 0 Å². The predicted octanol–water partition coefficient (Wildman–Crippen LogP) is 11.3. The van der Waals surface area contributed by atoms with E-state index in [0.717, 1.165) is 17.8 Å². The first-order valence-electron chi connectivity index (χ1n) is 13.7. The summed E-state index contributed by atoms with van der Waals surface area (Å²) in [7, 11) is 0. The largest absolute Gasteiger partial charge is 0.143 e. The normalized spacial score (nSPS) is 21.6. The Morgan fingerprint density at radius 1 is 0.545 bits per heavy atom. The highest BCUT2D eigenvalue weighted by atomic mass is 32.1. The Balaban J connectivity index is 1.36. The fourth-order valence-corrected chi connectivity index (χ4v) is 10.3. The molecule has 0 nitrogen and oxygen atoms in total. The second-order valence-electron chi connectivity index (χ2n) is 10.8. The first-order chi connectivity index (χ1) is 16.4. The van der Waals surface area contributed by atoms with Gasteiger partial charge >= 0.3 is 0 Å². The minimum atomic E-state index is 0.776. The Kier molecular flexibility index (Phi) is 7.10. The zero-order valence-corrected chi connectivity index (χ0v) is 22.4. The molecule has 3 aromatic heterocycles. The quantitative estimate of drug-likeness (QED) is 0.331. The van der Waals surface area contributed by atoms with Gasteiger partial charge in [-0.15, -0.1) is 34.0 Å². The van der Waals surface area contributed by atoms with E-state index < -0.39 is 0 Å². The van der Waals surface area contributed by atoms with Crippen molar-refractivity contribution in [1.29, 1.82) is 0 Å². The molecule has 0 aliphatic heterocycles. The lowest BCUT2D eigenvalue weighted by molar-refractivity contribution is 0.443. The molecule has 0 bridgehead atoms. The number of hydrogen-bond donors (Lipinski definition) is 0. The molecule has 176 valence electrons. The minimum Gasteiger partial charge on any atom is -0.143 e. The first kappa shape index (κ1) is 22.6. The van der Waals surface area contributed by atoms with Crippen LogP contribution in [-0.4, -0.2) is 0 Å². The van der Waals surface area contributed by atoms with Gasteiger partial charge in [-0.3, -0.25) is 0 Å². The van der Waals surface area contributed by atoms with Crippen molar-refractivity contribution in [3.8, 4) is 19.5 Å². The van der Waals surface area contributed by atoms with Crippen LogP contribution in [0.3, 0.4) is 0 Å². The summed E-state index contributed by atoms with van der Waals surface area (Å²) in [5.74, 6) is 2.39. The van der Waals surface area contributed by atoms with Crippen molar-refractivity contribution >= 4 is 34.0 Å². The molecule has 0 aromatic carbocycles. The van der Waals surface area contributed by atoms with E-state index in [9.17, 15) is 0 Å². The summed E-state index contributed by atoms with van der Waals surface area (Å²) in [6.45, 7) is 0. The Morgan fingerprint density at radius 2 is 1.15 bits per heavy atom. The zero-order chi connectivity index (χ0) is 22.0. The molecule has 0 N–H and O–H groups in total. The predicted molar refractivity (Wildman–Crippen MR) is 148 cm³/mol. The molecule has 3 aliphatic rings. The molecule has 0 spiro atoms. The van der Waals surface area contributed by atoms with Crippen LogP contribution < -0.4 is 0 Å². The molecule has 3 aliphatic carbocycles. The van der Waals surface area contributed by atoms with Gasteiger partial charge in [0.05, 0.1) is 0 Å². The maximum absolute atomic E-state index is 2.64. The number of rotatable bonds is 5. The molecule has 3 heterocycles. The molecule has 0 radical (unpaired) electrons. The van der Waals surface area contributed by atoms with Crippen molar-refractivity contribution in [2.24, 2.45) is 0 Å². The van der Waals surface area contributed by atoms with Crippen LogP contribution in [0.4, 0.5) is 0 Å². The van der Waals surface area contributed by atoms with Crippen LogP contribution in [0.2, 0.25) is 0 Å². The third-order valence-electron chi connectivity index (χ3n) is 8.69. The van der Waals surface area contributed by atoms with E-state index in [2.05, 4.69) is 40.3 Å². The third-order valence-corrected chi connectivity index (χ3v) is 12.1. The molecule has 3 aromatic rings. The van der Waals surface area contributed by atoms with Crippen LogP contribution in [0.25, 0.3) is 19.5 Å².